The SMILES string of the molecule is CCC1OCCC1C(=O)NCC(C)(O)CN(C)C. The van der Waals surface area contributed by atoms with Gasteiger partial charge in [0, 0.05) is 19.7 Å². The predicted molar refractivity (Wildman–Crippen MR) is 70.3 cm³/mol. The average molecular weight is 258 g/mol. The molecule has 0 aliphatic carbocycles. The number of hydrogen-bond donors (Lipinski definition) is 2. The first-order valence-electron chi connectivity index (χ1n) is 6.62. The minimum Gasteiger partial charge on any atom is -0.387 e. The second-order valence-corrected chi connectivity index (χ2v) is 5.67. The summed E-state index contributed by atoms with van der Waals surface area (Å²) in [7, 11) is 3.79. The fraction of sp³-hybridized carbons (Fsp3) is 0.923. The van der Waals surface area contributed by atoms with E-state index in [1.807, 2.05) is 25.9 Å². The highest BCUT2D eigenvalue weighted by Crippen LogP contribution is 2.23. The summed E-state index contributed by atoms with van der Waals surface area (Å²) in [6, 6.07) is 0. The monoisotopic (exact) mass is 258 g/mol. The number of aliphatic hydroxyl groups is 1. The Balaban J connectivity index is 2.41. The van der Waals surface area contributed by atoms with E-state index < -0.39 is 5.60 Å². The Morgan fingerprint density at radius 1 is 1.56 bits per heavy atom. The van der Waals surface area contributed by atoms with Crippen LogP contribution in [-0.4, -0.2) is 61.4 Å². The highest BCUT2D eigenvalue weighted by atomic mass is 16.5. The molecule has 0 aromatic rings. The number of hydrogen-bond acceptors (Lipinski definition) is 4. The first-order valence-corrected chi connectivity index (χ1v) is 6.62. The van der Waals surface area contributed by atoms with Crippen molar-refractivity contribution in [3.05, 3.63) is 0 Å². The summed E-state index contributed by atoms with van der Waals surface area (Å²) in [6.45, 7) is 5.21. The van der Waals surface area contributed by atoms with E-state index in [0.29, 0.717) is 13.2 Å². The molecule has 0 radical (unpaired) electrons. The number of rotatable bonds is 6. The number of likely N-dealkylation sites (N-methyl/N-ethyl adjacent to an activating group) is 1. The van der Waals surface area contributed by atoms with E-state index in [9.17, 15) is 9.90 Å². The standard InChI is InChI=1S/C13H26N2O3/c1-5-11-10(6-7-18-11)12(16)14-8-13(2,17)9-15(3)4/h10-11,17H,5-9H2,1-4H3,(H,14,16). The Labute approximate surface area is 109 Å². The second kappa shape index (κ2) is 6.50. The zero-order valence-corrected chi connectivity index (χ0v) is 11.9. The molecule has 1 aliphatic rings. The van der Waals surface area contributed by atoms with Crippen molar-refractivity contribution >= 4 is 5.91 Å². The van der Waals surface area contributed by atoms with Gasteiger partial charge in [0.15, 0.2) is 0 Å². The lowest BCUT2D eigenvalue weighted by molar-refractivity contribution is -0.128. The summed E-state index contributed by atoms with van der Waals surface area (Å²) in [6.07, 6.45) is 1.66. The van der Waals surface area contributed by atoms with Crippen molar-refractivity contribution in [3.63, 3.8) is 0 Å². The maximum atomic E-state index is 12.0. The molecular formula is C13H26N2O3. The molecule has 1 amide bonds. The third-order valence-electron chi connectivity index (χ3n) is 3.25. The van der Waals surface area contributed by atoms with Crippen LogP contribution in [0.5, 0.6) is 0 Å². The lowest BCUT2D eigenvalue weighted by Gasteiger charge is -2.28. The topological polar surface area (TPSA) is 61.8 Å². The first kappa shape index (κ1) is 15.4. The zero-order valence-electron chi connectivity index (χ0n) is 11.9. The minimum absolute atomic E-state index is 0.00150. The molecule has 18 heavy (non-hydrogen) atoms. The second-order valence-electron chi connectivity index (χ2n) is 5.67. The smallest absolute Gasteiger partial charge is 0.225 e. The normalized spacial score (nSPS) is 27.2. The van der Waals surface area contributed by atoms with Gasteiger partial charge in [-0.1, -0.05) is 6.92 Å². The van der Waals surface area contributed by atoms with Crippen molar-refractivity contribution < 1.29 is 14.6 Å². The Morgan fingerprint density at radius 2 is 2.22 bits per heavy atom. The molecule has 0 saturated carbocycles. The van der Waals surface area contributed by atoms with Gasteiger partial charge in [0.2, 0.25) is 5.91 Å². The molecular weight excluding hydrogens is 232 g/mol. The lowest BCUT2D eigenvalue weighted by Crippen LogP contribution is -2.48. The highest BCUT2D eigenvalue weighted by Gasteiger charge is 2.33. The number of nitrogens with one attached hydrogen (secondary N) is 1. The molecule has 2 N–H and O–H groups in total. The van der Waals surface area contributed by atoms with E-state index >= 15 is 0 Å². The van der Waals surface area contributed by atoms with Crippen LogP contribution >= 0.6 is 0 Å². The van der Waals surface area contributed by atoms with E-state index in [4.69, 9.17) is 4.74 Å². The minimum atomic E-state index is -0.902. The summed E-state index contributed by atoms with van der Waals surface area (Å²) >= 11 is 0. The van der Waals surface area contributed by atoms with Crippen molar-refractivity contribution in [1.82, 2.24) is 10.2 Å². The fourth-order valence-corrected chi connectivity index (χ4v) is 2.50. The van der Waals surface area contributed by atoms with E-state index in [-0.39, 0.29) is 24.5 Å². The van der Waals surface area contributed by atoms with Gasteiger partial charge in [0.05, 0.1) is 17.6 Å². The van der Waals surface area contributed by atoms with Crippen LogP contribution in [0.3, 0.4) is 0 Å². The quantitative estimate of drug-likeness (QED) is 0.716. The van der Waals surface area contributed by atoms with Gasteiger partial charge in [-0.25, -0.2) is 0 Å². The van der Waals surface area contributed by atoms with Gasteiger partial charge in [0.1, 0.15) is 0 Å². The fourth-order valence-electron chi connectivity index (χ4n) is 2.50. The largest absolute Gasteiger partial charge is 0.387 e. The zero-order chi connectivity index (χ0) is 13.8. The van der Waals surface area contributed by atoms with E-state index in [2.05, 4.69) is 5.32 Å². The predicted octanol–water partition coefficient (Wildman–Crippen LogP) is 0.230. The lowest BCUT2D eigenvalue weighted by atomic mass is 9.98. The van der Waals surface area contributed by atoms with Crippen molar-refractivity contribution in [3.8, 4) is 0 Å². The Bertz CT molecular complexity index is 279. The Kier molecular flexibility index (Phi) is 5.56. The van der Waals surface area contributed by atoms with Gasteiger partial charge in [0.25, 0.3) is 0 Å². The van der Waals surface area contributed by atoms with Crippen LogP contribution in [0.2, 0.25) is 0 Å². The van der Waals surface area contributed by atoms with Crippen LogP contribution in [0.1, 0.15) is 26.7 Å². The van der Waals surface area contributed by atoms with Crippen molar-refractivity contribution in [2.45, 2.75) is 38.4 Å². The summed E-state index contributed by atoms with van der Waals surface area (Å²) in [5.41, 5.74) is -0.902. The van der Waals surface area contributed by atoms with Crippen LogP contribution in [0.25, 0.3) is 0 Å². The summed E-state index contributed by atoms with van der Waals surface area (Å²) in [4.78, 5) is 13.9. The number of ether oxygens (including phenoxy) is 1. The first-order chi connectivity index (χ1) is 8.35. The van der Waals surface area contributed by atoms with E-state index in [1.165, 1.54) is 0 Å². The molecule has 1 saturated heterocycles. The van der Waals surface area contributed by atoms with Crippen LogP contribution in [0.15, 0.2) is 0 Å². The number of carbonyl (C=O) groups excluding carboxylic acids is 1. The average Bonchev–Trinajstić information content (AvgIpc) is 2.72. The number of nitrogens with zero attached hydrogens (tertiary/aromatic N) is 1. The molecule has 0 bridgehead atoms. The molecule has 1 fully saturated rings. The van der Waals surface area contributed by atoms with Gasteiger partial charge in [-0.3, -0.25) is 4.79 Å². The highest BCUT2D eigenvalue weighted by molar-refractivity contribution is 5.79. The van der Waals surface area contributed by atoms with Gasteiger partial charge in [-0.2, -0.15) is 0 Å². The Hall–Kier alpha value is -0.650. The molecule has 1 heterocycles. The van der Waals surface area contributed by atoms with Crippen LogP contribution in [0.4, 0.5) is 0 Å². The molecule has 1 rings (SSSR count). The van der Waals surface area contributed by atoms with Gasteiger partial charge in [-0.15, -0.1) is 0 Å². The Morgan fingerprint density at radius 3 is 2.78 bits per heavy atom. The van der Waals surface area contributed by atoms with Crippen LogP contribution in [0, 0.1) is 5.92 Å². The third kappa shape index (κ3) is 4.55. The molecule has 0 spiro atoms. The van der Waals surface area contributed by atoms with Gasteiger partial charge in [-0.05, 0) is 33.9 Å². The third-order valence-corrected chi connectivity index (χ3v) is 3.25. The maximum Gasteiger partial charge on any atom is 0.225 e. The molecule has 3 atom stereocenters. The van der Waals surface area contributed by atoms with Gasteiger partial charge >= 0.3 is 0 Å². The van der Waals surface area contributed by atoms with Gasteiger partial charge < -0.3 is 20.1 Å². The number of amides is 1. The van der Waals surface area contributed by atoms with Crippen molar-refractivity contribution in [2.75, 3.05) is 33.8 Å². The maximum absolute atomic E-state index is 12.0. The molecule has 1 aliphatic heterocycles. The molecule has 0 aromatic carbocycles. The van der Waals surface area contributed by atoms with E-state index in [1.54, 1.807) is 6.92 Å². The molecule has 0 aromatic heterocycles. The summed E-state index contributed by atoms with van der Waals surface area (Å²) < 4.78 is 5.50. The molecule has 106 valence electrons. The molecule has 5 nitrogen and oxygen atoms in total. The van der Waals surface area contributed by atoms with Crippen molar-refractivity contribution in [2.24, 2.45) is 5.92 Å². The van der Waals surface area contributed by atoms with Crippen LogP contribution < -0.4 is 5.32 Å². The summed E-state index contributed by atoms with van der Waals surface area (Å²) in [5.74, 6) is -0.0662. The van der Waals surface area contributed by atoms with Crippen molar-refractivity contribution in [1.29, 1.82) is 0 Å². The summed E-state index contributed by atoms with van der Waals surface area (Å²) in [5, 5.41) is 13.0. The van der Waals surface area contributed by atoms with Crippen LogP contribution in [-0.2, 0) is 9.53 Å². The number of carbonyl (C=O) groups is 1. The molecule has 3 unspecified atom stereocenters. The molecule has 5 heteroatoms. The van der Waals surface area contributed by atoms with E-state index in [0.717, 1.165) is 12.8 Å².